The Hall–Kier alpha value is -0.580. The molecule has 19 heavy (non-hydrogen) atoms. The molecule has 2 fully saturated rings. The molecule has 0 amide bonds. The fourth-order valence-electron chi connectivity index (χ4n) is 3.49. The van der Waals surface area contributed by atoms with Crippen LogP contribution < -0.4 is 4.74 Å². The van der Waals surface area contributed by atoms with Crippen LogP contribution in [0, 0.1) is 0 Å². The lowest BCUT2D eigenvalue weighted by Gasteiger charge is -2.38. The summed E-state index contributed by atoms with van der Waals surface area (Å²) in [6.45, 7) is 2.08. The molecule has 1 saturated carbocycles. The molecule has 0 radical (unpaired) electrons. The van der Waals surface area contributed by atoms with Crippen LogP contribution in [0.5, 0.6) is 5.75 Å². The average Bonchev–Trinajstić information content (AvgIpc) is 3.13. The van der Waals surface area contributed by atoms with Crippen molar-refractivity contribution in [1.82, 2.24) is 4.90 Å². The molecular formula is C15H18BrNO2. The standard InChI is InChI=1S/C15H18BrNO2/c16-10-1-4-12-13(18)8-15(19-14(12)7-10)5-6-17(9-15)11-2-3-11/h1,4,7,11,13,18H,2-3,5-6,8-9H2/t13-,15?/m1/s1. The van der Waals surface area contributed by atoms with E-state index in [1.807, 2.05) is 18.2 Å². The third-order valence-electron chi connectivity index (χ3n) is 4.64. The smallest absolute Gasteiger partial charge is 0.127 e. The van der Waals surface area contributed by atoms with Crippen molar-refractivity contribution in [2.45, 2.75) is 43.4 Å². The van der Waals surface area contributed by atoms with Gasteiger partial charge in [-0.2, -0.15) is 0 Å². The molecular weight excluding hydrogens is 306 g/mol. The molecule has 0 aromatic heterocycles. The number of fused-ring (bicyclic) bond motifs is 1. The maximum absolute atomic E-state index is 10.4. The average molecular weight is 324 g/mol. The summed E-state index contributed by atoms with van der Waals surface area (Å²) in [5.74, 6) is 0.853. The molecule has 1 N–H and O–H groups in total. The number of halogens is 1. The number of aliphatic hydroxyl groups excluding tert-OH is 1. The lowest BCUT2D eigenvalue weighted by molar-refractivity contribution is -0.00767. The van der Waals surface area contributed by atoms with E-state index in [0.717, 1.165) is 47.8 Å². The molecule has 0 bridgehead atoms. The van der Waals surface area contributed by atoms with Crippen molar-refractivity contribution < 1.29 is 9.84 Å². The van der Waals surface area contributed by atoms with Crippen molar-refractivity contribution in [2.75, 3.05) is 13.1 Å². The van der Waals surface area contributed by atoms with Crippen molar-refractivity contribution in [2.24, 2.45) is 0 Å². The Bertz CT molecular complexity index is 517. The summed E-state index contributed by atoms with van der Waals surface area (Å²) in [6, 6.07) is 6.70. The molecule has 2 atom stereocenters. The maximum atomic E-state index is 10.4. The second-order valence-corrected chi connectivity index (χ2v) is 7.05. The van der Waals surface area contributed by atoms with Crippen molar-refractivity contribution in [1.29, 1.82) is 0 Å². The lowest BCUT2D eigenvalue weighted by atomic mass is 9.88. The Morgan fingerprint density at radius 2 is 2.21 bits per heavy atom. The maximum Gasteiger partial charge on any atom is 0.127 e. The van der Waals surface area contributed by atoms with Gasteiger partial charge in [0.25, 0.3) is 0 Å². The number of hydrogen-bond acceptors (Lipinski definition) is 3. The van der Waals surface area contributed by atoms with Crippen molar-refractivity contribution >= 4 is 15.9 Å². The van der Waals surface area contributed by atoms with Crippen LogP contribution in [0.25, 0.3) is 0 Å². The van der Waals surface area contributed by atoms with Gasteiger partial charge in [0, 0.05) is 42.0 Å². The second kappa shape index (κ2) is 4.21. The SMILES string of the molecule is O[C@@H]1CC2(CCN(C3CC3)C2)Oc2cc(Br)ccc21. The predicted molar refractivity (Wildman–Crippen MR) is 76.3 cm³/mol. The summed E-state index contributed by atoms with van der Waals surface area (Å²) in [7, 11) is 0. The highest BCUT2D eigenvalue weighted by Gasteiger charge is 2.48. The summed E-state index contributed by atoms with van der Waals surface area (Å²) in [6.07, 6.45) is 4.04. The van der Waals surface area contributed by atoms with Gasteiger partial charge in [0.15, 0.2) is 0 Å². The third kappa shape index (κ3) is 2.10. The second-order valence-electron chi connectivity index (χ2n) is 6.14. The van der Waals surface area contributed by atoms with Crippen LogP contribution >= 0.6 is 15.9 Å². The number of hydrogen-bond donors (Lipinski definition) is 1. The Balaban J connectivity index is 1.63. The first-order valence-corrected chi connectivity index (χ1v) is 7.85. The van der Waals surface area contributed by atoms with Gasteiger partial charge in [-0.1, -0.05) is 22.0 Å². The topological polar surface area (TPSA) is 32.7 Å². The first-order valence-electron chi connectivity index (χ1n) is 7.06. The summed E-state index contributed by atoms with van der Waals surface area (Å²) < 4.78 is 7.32. The van der Waals surface area contributed by atoms with Crippen LogP contribution in [-0.4, -0.2) is 34.7 Å². The van der Waals surface area contributed by atoms with E-state index in [-0.39, 0.29) is 5.60 Å². The van der Waals surface area contributed by atoms with Crippen LogP contribution in [0.15, 0.2) is 22.7 Å². The van der Waals surface area contributed by atoms with Crippen LogP contribution in [-0.2, 0) is 0 Å². The monoisotopic (exact) mass is 323 g/mol. The Kier molecular flexibility index (Phi) is 2.70. The van der Waals surface area contributed by atoms with Crippen molar-refractivity contribution in [3.63, 3.8) is 0 Å². The molecule has 2 aliphatic heterocycles. The minimum atomic E-state index is -0.393. The molecule has 1 aromatic rings. The van der Waals surface area contributed by atoms with E-state index in [1.165, 1.54) is 12.8 Å². The van der Waals surface area contributed by atoms with E-state index in [2.05, 4.69) is 20.8 Å². The van der Waals surface area contributed by atoms with Gasteiger partial charge < -0.3 is 9.84 Å². The first kappa shape index (κ1) is 12.2. The molecule has 1 aliphatic carbocycles. The fraction of sp³-hybridized carbons (Fsp3) is 0.600. The van der Waals surface area contributed by atoms with Gasteiger partial charge in [0.1, 0.15) is 11.4 Å². The zero-order valence-electron chi connectivity index (χ0n) is 10.8. The molecule has 1 unspecified atom stereocenters. The number of rotatable bonds is 1. The van der Waals surface area contributed by atoms with Crippen molar-refractivity contribution in [3.8, 4) is 5.75 Å². The molecule has 4 heteroatoms. The Morgan fingerprint density at radius 3 is 3.00 bits per heavy atom. The van der Waals surface area contributed by atoms with E-state index in [0.29, 0.717) is 0 Å². The molecule has 1 spiro atoms. The lowest BCUT2D eigenvalue weighted by Crippen LogP contribution is -2.44. The van der Waals surface area contributed by atoms with E-state index < -0.39 is 6.10 Å². The van der Waals surface area contributed by atoms with E-state index in [4.69, 9.17) is 4.74 Å². The highest BCUT2D eigenvalue weighted by atomic mass is 79.9. The van der Waals surface area contributed by atoms with E-state index in [9.17, 15) is 5.11 Å². The molecule has 3 nitrogen and oxygen atoms in total. The Morgan fingerprint density at radius 1 is 1.37 bits per heavy atom. The van der Waals surface area contributed by atoms with Gasteiger partial charge in [-0.15, -0.1) is 0 Å². The summed E-state index contributed by atoms with van der Waals surface area (Å²) >= 11 is 3.48. The fourth-order valence-corrected chi connectivity index (χ4v) is 3.83. The minimum Gasteiger partial charge on any atom is -0.485 e. The van der Waals surface area contributed by atoms with Crippen LogP contribution in [0.1, 0.15) is 37.4 Å². The van der Waals surface area contributed by atoms with E-state index in [1.54, 1.807) is 0 Å². The zero-order chi connectivity index (χ0) is 13.0. The highest BCUT2D eigenvalue weighted by Crippen LogP contribution is 2.46. The summed E-state index contributed by atoms with van der Waals surface area (Å²) in [5, 5.41) is 10.4. The molecule has 3 aliphatic rings. The molecule has 4 rings (SSSR count). The van der Waals surface area contributed by atoms with Crippen LogP contribution in [0.2, 0.25) is 0 Å². The summed E-state index contributed by atoms with van der Waals surface area (Å²) in [5.41, 5.74) is 0.759. The molecule has 1 aromatic carbocycles. The van der Waals surface area contributed by atoms with Gasteiger partial charge in [-0.25, -0.2) is 0 Å². The van der Waals surface area contributed by atoms with Gasteiger partial charge in [-0.3, -0.25) is 4.90 Å². The van der Waals surface area contributed by atoms with Crippen molar-refractivity contribution in [3.05, 3.63) is 28.2 Å². The number of aliphatic hydroxyl groups is 1. The number of likely N-dealkylation sites (tertiary alicyclic amines) is 1. The largest absolute Gasteiger partial charge is 0.485 e. The molecule has 102 valence electrons. The third-order valence-corrected chi connectivity index (χ3v) is 5.13. The minimum absolute atomic E-state index is 0.171. The number of benzene rings is 1. The van der Waals surface area contributed by atoms with Crippen LogP contribution in [0.4, 0.5) is 0 Å². The zero-order valence-corrected chi connectivity index (χ0v) is 12.4. The van der Waals surface area contributed by atoms with Gasteiger partial charge in [0.05, 0.1) is 6.10 Å². The highest BCUT2D eigenvalue weighted by molar-refractivity contribution is 9.10. The predicted octanol–water partition coefficient (Wildman–Crippen LogP) is 2.87. The normalized spacial score (nSPS) is 34.3. The number of ether oxygens (including phenoxy) is 1. The van der Waals surface area contributed by atoms with E-state index >= 15 is 0 Å². The first-order chi connectivity index (χ1) is 9.15. The summed E-state index contributed by atoms with van der Waals surface area (Å²) in [4.78, 5) is 2.54. The van der Waals surface area contributed by atoms with Gasteiger partial charge in [-0.05, 0) is 25.0 Å². The molecule has 1 saturated heterocycles. The van der Waals surface area contributed by atoms with Gasteiger partial charge in [0.2, 0.25) is 0 Å². The van der Waals surface area contributed by atoms with Gasteiger partial charge >= 0.3 is 0 Å². The Labute approximate surface area is 121 Å². The quantitative estimate of drug-likeness (QED) is 0.862. The molecule has 2 heterocycles. The number of nitrogens with zero attached hydrogens (tertiary/aromatic N) is 1. The van der Waals surface area contributed by atoms with Crippen LogP contribution in [0.3, 0.4) is 0 Å².